The highest BCUT2D eigenvalue weighted by atomic mass is 16.3. The maximum absolute atomic E-state index is 9.12. The molecule has 0 radical (unpaired) electrons. The Kier molecular flexibility index (Phi) is 4.03. The third-order valence-electron chi connectivity index (χ3n) is 2.16. The van der Waals surface area contributed by atoms with Gasteiger partial charge < -0.3 is 10.4 Å². The minimum Gasteiger partial charge on any atom is -0.396 e. The van der Waals surface area contributed by atoms with Crippen molar-refractivity contribution >= 4 is 11.8 Å². The molecule has 0 atom stereocenters. The molecule has 0 aliphatic carbocycles. The van der Waals surface area contributed by atoms with Gasteiger partial charge in [-0.3, -0.25) is 5.43 Å². The standard InChI is InChI=1S/C10H19N5O/c1-7-4-8(14-9(13-7)15-11)12-5-10(2,3)6-16/h4,16H,5-6,11H2,1-3H3,(H2,12,13,14,15). The third-order valence-corrected chi connectivity index (χ3v) is 2.16. The molecule has 0 bridgehead atoms. The number of nitrogen functional groups attached to an aromatic ring is 1. The molecule has 0 amide bonds. The van der Waals surface area contributed by atoms with Crippen molar-refractivity contribution in [1.82, 2.24) is 9.97 Å². The van der Waals surface area contributed by atoms with Crippen LogP contribution in [0.4, 0.5) is 11.8 Å². The van der Waals surface area contributed by atoms with E-state index in [1.165, 1.54) is 0 Å². The molecule has 1 aromatic rings. The minimum absolute atomic E-state index is 0.117. The predicted octanol–water partition coefficient (Wildman–Crippen LogP) is 0.501. The van der Waals surface area contributed by atoms with Crippen molar-refractivity contribution in [1.29, 1.82) is 0 Å². The van der Waals surface area contributed by atoms with Gasteiger partial charge in [-0.25, -0.2) is 10.8 Å². The fourth-order valence-electron chi connectivity index (χ4n) is 1.11. The molecule has 6 heteroatoms. The van der Waals surface area contributed by atoms with Crippen LogP contribution in [0.2, 0.25) is 0 Å². The summed E-state index contributed by atoms with van der Waals surface area (Å²) in [4.78, 5) is 8.23. The van der Waals surface area contributed by atoms with Crippen LogP contribution in [0, 0.1) is 12.3 Å². The van der Waals surface area contributed by atoms with Gasteiger partial charge in [0.15, 0.2) is 0 Å². The molecular formula is C10H19N5O. The number of hydrogen-bond donors (Lipinski definition) is 4. The summed E-state index contributed by atoms with van der Waals surface area (Å²) < 4.78 is 0. The van der Waals surface area contributed by atoms with Crippen LogP contribution < -0.4 is 16.6 Å². The SMILES string of the molecule is Cc1cc(NCC(C)(C)CO)nc(NN)n1. The molecule has 0 unspecified atom stereocenters. The molecule has 0 aliphatic rings. The highest BCUT2D eigenvalue weighted by molar-refractivity contribution is 5.41. The summed E-state index contributed by atoms with van der Waals surface area (Å²) in [5.74, 6) is 6.33. The average molecular weight is 225 g/mol. The molecule has 0 saturated carbocycles. The van der Waals surface area contributed by atoms with Crippen LogP contribution in [0.3, 0.4) is 0 Å². The van der Waals surface area contributed by atoms with Gasteiger partial charge in [0.2, 0.25) is 5.95 Å². The van der Waals surface area contributed by atoms with E-state index in [0.29, 0.717) is 18.3 Å². The highest BCUT2D eigenvalue weighted by Crippen LogP contribution is 2.15. The Hall–Kier alpha value is -1.40. The zero-order valence-corrected chi connectivity index (χ0v) is 9.91. The predicted molar refractivity (Wildman–Crippen MR) is 63.9 cm³/mol. The van der Waals surface area contributed by atoms with E-state index in [1.54, 1.807) is 0 Å². The molecule has 1 aromatic heterocycles. The number of nitrogens with zero attached hydrogens (tertiary/aromatic N) is 2. The van der Waals surface area contributed by atoms with Gasteiger partial charge in [-0.15, -0.1) is 0 Å². The Bertz CT molecular complexity index is 353. The van der Waals surface area contributed by atoms with E-state index in [1.807, 2.05) is 26.8 Å². The van der Waals surface area contributed by atoms with Gasteiger partial charge in [0, 0.05) is 30.3 Å². The smallest absolute Gasteiger partial charge is 0.239 e. The van der Waals surface area contributed by atoms with Crippen LogP contribution >= 0.6 is 0 Å². The lowest BCUT2D eigenvalue weighted by molar-refractivity contribution is 0.170. The zero-order valence-electron chi connectivity index (χ0n) is 9.91. The van der Waals surface area contributed by atoms with E-state index in [9.17, 15) is 0 Å². The summed E-state index contributed by atoms with van der Waals surface area (Å²) in [6.45, 7) is 6.55. The number of rotatable bonds is 5. The number of hydrogen-bond acceptors (Lipinski definition) is 6. The summed E-state index contributed by atoms with van der Waals surface area (Å²) in [5, 5.41) is 12.3. The molecule has 0 fully saturated rings. The van der Waals surface area contributed by atoms with Crippen molar-refractivity contribution in [2.45, 2.75) is 20.8 Å². The first-order valence-corrected chi connectivity index (χ1v) is 5.14. The molecular weight excluding hydrogens is 206 g/mol. The zero-order chi connectivity index (χ0) is 12.2. The molecule has 6 nitrogen and oxygen atoms in total. The molecule has 1 heterocycles. The van der Waals surface area contributed by atoms with Crippen LogP contribution in [0.15, 0.2) is 6.07 Å². The van der Waals surface area contributed by atoms with Gasteiger partial charge in [0.1, 0.15) is 5.82 Å². The molecule has 0 aromatic carbocycles. The third kappa shape index (κ3) is 3.63. The first-order chi connectivity index (χ1) is 7.46. The largest absolute Gasteiger partial charge is 0.396 e. The number of nitrogens with two attached hydrogens (primary N) is 1. The van der Waals surface area contributed by atoms with Crippen molar-refractivity contribution < 1.29 is 5.11 Å². The Morgan fingerprint density at radius 3 is 2.69 bits per heavy atom. The van der Waals surface area contributed by atoms with Crippen LogP contribution in [-0.4, -0.2) is 28.2 Å². The van der Waals surface area contributed by atoms with Gasteiger partial charge in [0.05, 0.1) is 0 Å². The summed E-state index contributed by atoms with van der Waals surface area (Å²) in [6, 6.07) is 1.83. The highest BCUT2D eigenvalue weighted by Gasteiger charge is 2.16. The van der Waals surface area contributed by atoms with Crippen molar-refractivity contribution in [2.75, 3.05) is 23.9 Å². The lowest BCUT2D eigenvalue weighted by Crippen LogP contribution is -2.27. The van der Waals surface area contributed by atoms with Crippen LogP contribution in [0.25, 0.3) is 0 Å². The lowest BCUT2D eigenvalue weighted by atomic mass is 9.95. The summed E-state index contributed by atoms with van der Waals surface area (Å²) in [5.41, 5.74) is 3.05. The minimum atomic E-state index is -0.185. The number of aromatic nitrogens is 2. The Balaban J connectivity index is 2.70. The average Bonchev–Trinajstić information content (AvgIpc) is 2.26. The van der Waals surface area contributed by atoms with E-state index in [4.69, 9.17) is 10.9 Å². The summed E-state index contributed by atoms with van der Waals surface area (Å²) in [6.07, 6.45) is 0. The Labute approximate surface area is 95.3 Å². The topological polar surface area (TPSA) is 96.1 Å². The van der Waals surface area contributed by atoms with Crippen molar-refractivity contribution in [3.8, 4) is 0 Å². The molecule has 0 aliphatic heterocycles. The van der Waals surface area contributed by atoms with Gasteiger partial charge in [-0.1, -0.05) is 13.8 Å². The van der Waals surface area contributed by atoms with E-state index in [2.05, 4.69) is 20.7 Å². The second-order valence-corrected chi connectivity index (χ2v) is 4.54. The number of nitrogens with one attached hydrogen (secondary N) is 2. The fraction of sp³-hybridized carbons (Fsp3) is 0.600. The molecule has 90 valence electrons. The van der Waals surface area contributed by atoms with Crippen molar-refractivity contribution in [2.24, 2.45) is 11.3 Å². The molecule has 5 N–H and O–H groups in total. The second kappa shape index (κ2) is 5.09. The number of hydrazine groups is 1. The maximum atomic E-state index is 9.12. The molecule has 1 rings (SSSR count). The van der Waals surface area contributed by atoms with Crippen molar-refractivity contribution in [3.05, 3.63) is 11.8 Å². The van der Waals surface area contributed by atoms with E-state index in [-0.39, 0.29) is 12.0 Å². The van der Waals surface area contributed by atoms with Gasteiger partial charge >= 0.3 is 0 Å². The van der Waals surface area contributed by atoms with Gasteiger partial charge in [-0.2, -0.15) is 4.98 Å². The number of aliphatic hydroxyl groups is 1. The Morgan fingerprint density at radius 2 is 2.12 bits per heavy atom. The fourth-order valence-corrected chi connectivity index (χ4v) is 1.11. The molecule has 16 heavy (non-hydrogen) atoms. The van der Waals surface area contributed by atoms with E-state index < -0.39 is 0 Å². The number of aliphatic hydroxyl groups excluding tert-OH is 1. The van der Waals surface area contributed by atoms with Gasteiger partial charge in [0.25, 0.3) is 0 Å². The lowest BCUT2D eigenvalue weighted by Gasteiger charge is -2.22. The Morgan fingerprint density at radius 1 is 1.44 bits per heavy atom. The summed E-state index contributed by atoms with van der Waals surface area (Å²) in [7, 11) is 0. The van der Waals surface area contributed by atoms with Gasteiger partial charge in [-0.05, 0) is 6.92 Å². The number of anilines is 2. The molecule has 0 saturated heterocycles. The normalized spacial score (nSPS) is 11.3. The van der Waals surface area contributed by atoms with Crippen LogP contribution in [0.5, 0.6) is 0 Å². The first kappa shape index (κ1) is 12.7. The van der Waals surface area contributed by atoms with Crippen LogP contribution in [0.1, 0.15) is 19.5 Å². The maximum Gasteiger partial charge on any atom is 0.239 e. The van der Waals surface area contributed by atoms with E-state index >= 15 is 0 Å². The molecule has 0 spiro atoms. The van der Waals surface area contributed by atoms with Crippen molar-refractivity contribution in [3.63, 3.8) is 0 Å². The van der Waals surface area contributed by atoms with E-state index in [0.717, 1.165) is 5.69 Å². The quantitative estimate of drug-likeness (QED) is 0.430. The second-order valence-electron chi connectivity index (χ2n) is 4.54. The monoisotopic (exact) mass is 225 g/mol. The number of aryl methyl sites for hydroxylation is 1. The summed E-state index contributed by atoms with van der Waals surface area (Å²) >= 11 is 0. The van der Waals surface area contributed by atoms with Crippen LogP contribution in [-0.2, 0) is 0 Å². The first-order valence-electron chi connectivity index (χ1n) is 5.14.